The Hall–Kier alpha value is -2.05. The van der Waals surface area contributed by atoms with Crippen LogP contribution in [0.3, 0.4) is 0 Å². The lowest BCUT2D eigenvalue weighted by Crippen LogP contribution is -2.29. The molecule has 0 unspecified atom stereocenters. The molecule has 0 bridgehead atoms. The van der Waals surface area contributed by atoms with Crippen molar-refractivity contribution in [3.8, 4) is 11.5 Å². The average molecular weight is 393 g/mol. The Morgan fingerprint density at radius 2 is 1.83 bits per heavy atom. The van der Waals surface area contributed by atoms with Gasteiger partial charge in [0, 0.05) is 11.0 Å². The molecule has 2 rings (SSSR count). The summed E-state index contributed by atoms with van der Waals surface area (Å²) in [6.45, 7) is 0.916. The van der Waals surface area contributed by atoms with Crippen LogP contribution in [0.2, 0.25) is 0 Å². The Bertz CT molecular complexity index is 706. The molecule has 6 heteroatoms. The van der Waals surface area contributed by atoms with Crippen LogP contribution < -0.4 is 14.8 Å². The molecule has 0 aliphatic carbocycles. The summed E-state index contributed by atoms with van der Waals surface area (Å²) >= 11 is 3.42. The third kappa shape index (κ3) is 4.97. The van der Waals surface area contributed by atoms with Crippen LogP contribution in [0.5, 0.6) is 11.5 Å². The number of anilines is 1. The molecule has 0 atom stereocenters. The lowest BCUT2D eigenvalue weighted by Gasteiger charge is -2.17. The fraction of sp³-hybridized carbons (Fsp3) is 0.278. The average Bonchev–Trinajstić information content (AvgIpc) is 2.56. The molecule has 1 amide bonds. The molecule has 0 saturated carbocycles. The van der Waals surface area contributed by atoms with Crippen LogP contribution in [-0.4, -0.2) is 38.6 Å². The molecule has 0 heterocycles. The van der Waals surface area contributed by atoms with Gasteiger partial charge in [0.15, 0.2) is 11.5 Å². The zero-order valence-electron chi connectivity index (χ0n) is 14.0. The molecule has 0 aromatic heterocycles. The number of rotatable bonds is 7. The fourth-order valence-electron chi connectivity index (χ4n) is 2.34. The number of halogens is 1. The number of carbonyl (C=O) groups is 1. The normalized spacial score (nSPS) is 10.5. The first-order valence-corrected chi connectivity index (χ1v) is 8.26. The highest BCUT2D eigenvalue weighted by Gasteiger charge is 2.11. The number of benzene rings is 2. The summed E-state index contributed by atoms with van der Waals surface area (Å²) < 4.78 is 11.4. The zero-order chi connectivity index (χ0) is 17.5. The third-order valence-corrected chi connectivity index (χ3v) is 4.15. The van der Waals surface area contributed by atoms with E-state index in [4.69, 9.17) is 9.47 Å². The van der Waals surface area contributed by atoms with E-state index < -0.39 is 0 Å². The van der Waals surface area contributed by atoms with E-state index >= 15 is 0 Å². The lowest BCUT2D eigenvalue weighted by atomic mass is 10.2. The minimum absolute atomic E-state index is 0.0649. The summed E-state index contributed by atoms with van der Waals surface area (Å²) in [5.74, 6) is 1.31. The van der Waals surface area contributed by atoms with Crippen molar-refractivity contribution in [2.75, 3.05) is 33.1 Å². The first-order chi connectivity index (χ1) is 11.5. The van der Waals surface area contributed by atoms with E-state index in [0.717, 1.165) is 15.7 Å². The Morgan fingerprint density at radius 3 is 2.50 bits per heavy atom. The van der Waals surface area contributed by atoms with Crippen LogP contribution in [0.25, 0.3) is 0 Å². The van der Waals surface area contributed by atoms with Crippen molar-refractivity contribution in [2.24, 2.45) is 0 Å². The van der Waals surface area contributed by atoms with Crippen molar-refractivity contribution >= 4 is 27.5 Å². The molecule has 5 nitrogen and oxygen atoms in total. The molecular weight excluding hydrogens is 372 g/mol. The van der Waals surface area contributed by atoms with Gasteiger partial charge in [0.05, 0.1) is 26.5 Å². The van der Waals surface area contributed by atoms with Crippen LogP contribution in [0.1, 0.15) is 5.56 Å². The Morgan fingerprint density at radius 1 is 1.12 bits per heavy atom. The standard InChI is InChI=1S/C18H21BrN2O3/c1-21(11-13-8-9-16(23-2)17(10-13)24-3)12-18(22)20-15-7-5-4-6-14(15)19/h4-10H,11-12H2,1-3H3,(H,20,22). The van der Waals surface area contributed by atoms with Crippen molar-refractivity contribution in [2.45, 2.75) is 6.54 Å². The number of hydrogen-bond acceptors (Lipinski definition) is 4. The van der Waals surface area contributed by atoms with Crippen LogP contribution in [0.4, 0.5) is 5.69 Å². The SMILES string of the molecule is COc1ccc(CN(C)CC(=O)Nc2ccccc2Br)cc1OC. The Balaban J connectivity index is 1.94. The second-order valence-electron chi connectivity index (χ2n) is 5.39. The van der Waals surface area contributed by atoms with Gasteiger partial charge in [-0.15, -0.1) is 0 Å². The summed E-state index contributed by atoms with van der Waals surface area (Å²) in [6, 6.07) is 13.3. The topological polar surface area (TPSA) is 50.8 Å². The molecule has 2 aromatic rings. The molecule has 0 aliphatic rings. The van der Waals surface area contributed by atoms with E-state index in [1.807, 2.05) is 54.4 Å². The minimum Gasteiger partial charge on any atom is -0.493 e. The van der Waals surface area contributed by atoms with Crippen LogP contribution in [0, 0.1) is 0 Å². The monoisotopic (exact) mass is 392 g/mol. The highest BCUT2D eigenvalue weighted by molar-refractivity contribution is 9.10. The molecule has 0 aliphatic heterocycles. The first kappa shape index (κ1) is 18.3. The van der Waals surface area contributed by atoms with Gasteiger partial charge in [-0.25, -0.2) is 0 Å². The van der Waals surface area contributed by atoms with Crippen LogP contribution >= 0.6 is 15.9 Å². The number of methoxy groups -OCH3 is 2. The van der Waals surface area contributed by atoms with Gasteiger partial charge in [-0.3, -0.25) is 9.69 Å². The second kappa shape index (κ2) is 8.70. The summed E-state index contributed by atoms with van der Waals surface area (Å²) in [5.41, 5.74) is 1.81. The van der Waals surface area contributed by atoms with Gasteiger partial charge in [-0.1, -0.05) is 18.2 Å². The Labute approximate surface area is 150 Å². The molecular formula is C18H21BrN2O3. The van der Waals surface area contributed by atoms with Crippen molar-refractivity contribution in [1.82, 2.24) is 4.90 Å². The molecule has 0 fully saturated rings. The number of carbonyl (C=O) groups excluding carboxylic acids is 1. The molecule has 24 heavy (non-hydrogen) atoms. The third-order valence-electron chi connectivity index (χ3n) is 3.46. The number of amides is 1. The summed E-state index contributed by atoms with van der Waals surface area (Å²) in [5, 5.41) is 2.90. The van der Waals surface area contributed by atoms with Crippen LogP contribution in [-0.2, 0) is 11.3 Å². The van der Waals surface area contributed by atoms with Gasteiger partial charge in [0.25, 0.3) is 0 Å². The molecule has 1 N–H and O–H groups in total. The zero-order valence-corrected chi connectivity index (χ0v) is 15.6. The van der Waals surface area contributed by atoms with E-state index in [1.54, 1.807) is 14.2 Å². The molecule has 128 valence electrons. The van der Waals surface area contributed by atoms with Crippen LogP contribution in [0.15, 0.2) is 46.9 Å². The highest BCUT2D eigenvalue weighted by Crippen LogP contribution is 2.28. The largest absolute Gasteiger partial charge is 0.493 e. The quantitative estimate of drug-likeness (QED) is 0.782. The summed E-state index contributed by atoms with van der Waals surface area (Å²) in [6.07, 6.45) is 0. The van der Waals surface area contributed by atoms with Crippen molar-refractivity contribution in [3.63, 3.8) is 0 Å². The van der Waals surface area contributed by atoms with Gasteiger partial charge < -0.3 is 14.8 Å². The van der Waals surface area contributed by atoms with E-state index in [2.05, 4.69) is 21.2 Å². The fourth-order valence-corrected chi connectivity index (χ4v) is 2.73. The maximum absolute atomic E-state index is 12.2. The van der Waals surface area contributed by atoms with E-state index in [-0.39, 0.29) is 12.5 Å². The van der Waals surface area contributed by atoms with Gasteiger partial charge in [0.1, 0.15) is 0 Å². The summed E-state index contributed by atoms with van der Waals surface area (Å²) in [7, 11) is 5.11. The van der Waals surface area contributed by atoms with Gasteiger partial charge in [-0.05, 0) is 52.8 Å². The molecule has 0 saturated heterocycles. The second-order valence-corrected chi connectivity index (χ2v) is 6.24. The number of nitrogens with one attached hydrogen (secondary N) is 1. The summed E-state index contributed by atoms with van der Waals surface area (Å²) in [4.78, 5) is 14.1. The number of hydrogen-bond donors (Lipinski definition) is 1. The highest BCUT2D eigenvalue weighted by atomic mass is 79.9. The molecule has 0 spiro atoms. The van der Waals surface area contributed by atoms with E-state index in [1.165, 1.54) is 0 Å². The number of likely N-dealkylation sites (N-methyl/N-ethyl adjacent to an activating group) is 1. The van der Waals surface area contributed by atoms with Gasteiger partial charge >= 0.3 is 0 Å². The Kier molecular flexibility index (Phi) is 6.63. The number of para-hydroxylation sites is 1. The maximum atomic E-state index is 12.2. The predicted octanol–water partition coefficient (Wildman–Crippen LogP) is 3.54. The minimum atomic E-state index is -0.0649. The number of nitrogens with zero attached hydrogens (tertiary/aromatic N) is 1. The van der Waals surface area contributed by atoms with Crippen molar-refractivity contribution in [3.05, 3.63) is 52.5 Å². The number of ether oxygens (including phenoxy) is 2. The maximum Gasteiger partial charge on any atom is 0.238 e. The molecule has 0 radical (unpaired) electrons. The van der Waals surface area contributed by atoms with Crippen molar-refractivity contribution < 1.29 is 14.3 Å². The predicted molar refractivity (Wildman–Crippen MR) is 98.7 cm³/mol. The van der Waals surface area contributed by atoms with E-state index in [9.17, 15) is 4.79 Å². The first-order valence-electron chi connectivity index (χ1n) is 7.47. The van der Waals surface area contributed by atoms with Crippen molar-refractivity contribution in [1.29, 1.82) is 0 Å². The van der Waals surface area contributed by atoms with Gasteiger partial charge in [-0.2, -0.15) is 0 Å². The smallest absolute Gasteiger partial charge is 0.238 e. The lowest BCUT2D eigenvalue weighted by molar-refractivity contribution is -0.117. The van der Waals surface area contributed by atoms with E-state index in [0.29, 0.717) is 18.0 Å². The van der Waals surface area contributed by atoms with Gasteiger partial charge in [0.2, 0.25) is 5.91 Å². The molecule has 2 aromatic carbocycles.